The van der Waals surface area contributed by atoms with Gasteiger partial charge in [0, 0.05) is 30.2 Å². The van der Waals surface area contributed by atoms with Crippen molar-refractivity contribution in [3.8, 4) is 0 Å². The van der Waals surface area contributed by atoms with Crippen molar-refractivity contribution in [1.29, 1.82) is 0 Å². The minimum absolute atomic E-state index is 0.174. The van der Waals surface area contributed by atoms with E-state index in [9.17, 15) is 9.59 Å². The number of amides is 1. The van der Waals surface area contributed by atoms with E-state index in [0.29, 0.717) is 17.3 Å². The molecule has 4 aromatic rings. The van der Waals surface area contributed by atoms with E-state index in [1.165, 1.54) is 14.0 Å². The zero-order valence-corrected chi connectivity index (χ0v) is 18.9. The molecule has 4 rings (SSSR count). The molecule has 0 aliphatic carbocycles. The molecule has 0 fully saturated rings. The molecule has 0 unspecified atom stereocenters. The maximum atomic E-state index is 13.1. The van der Waals surface area contributed by atoms with Gasteiger partial charge in [-0.05, 0) is 68.7 Å². The fourth-order valence-corrected chi connectivity index (χ4v) is 3.73. The van der Waals surface area contributed by atoms with Gasteiger partial charge in [-0.2, -0.15) is 0 Å². The summed E-state index contributed by atoms with van der Waals surface area (Å²) in [5.41, 5.74) is 5.57. The minimum atomic E-state index is -0.426. The molecule has 0 aliphatic heterocycles. The van der Waals surface area contributed by atoms with Crippen LogP contribution in [0.15, 0.2) is 53.3 Å². The summed E-state index contributed by atoms with van der Waals surface area (Å²) in [7, 11) is 1.69. The topological polar surface area (TPSA) is 84.5 Å². The third kappa shape index (κ3) is 4.25. The number of carbonyl (C=O) groups excluding carboxylic acids is 1. The van der Waals surface area contributed by atoms with E-state index in [1.807, 2.05) is 64.1 Å². The Labute approximate surface area is 186 Å². The Hall–Kier alpha value is -3.94. The minimum Gasteiger partial charge on any atom is -0.325 e. The molecule has 0 saturated heterocycles. The molecule has 8 heteroatoms. The molecular weight excluding hydrogens is 404 g/mol. The number of nitrogens with one attached hydrogen (secondary N) is 1. The number of anilines is 3. The van der Waals surface area contributed by atoms with Crippen molar-refractivity contribution >= 4 is 28.9 Å². The van der Waals surface area contributed by atoms with E-state index in [-0.39, 0.29) is 12.5 Å². The molecule has 2 aromatic heterocycles. The van der Waals surface area contributed by atoms with Crippen molar-refractivity contribution in [2.75, 3.05) is 17.3 Å². The summed E-state index contributed by atoms with van der Waals surface area (Å²) >= 11 is 0. The Balaban J connectivity index is 1.68. The van der Waals surface area contributed by atoms with E-state index in [1.54, 1.807) is 13.1 Å². The molecule has 0 aliphatic rings. The van der Waals surface area contributed by atoms with E-state index >= 15 is 0 Å². The van der Waals surface area contributed by atoms with Crippen LogP contribution in [0.25, 0.3) is 5.65 Å². The van der Waals surface area contributed by atoms with Crippen molar-refractivity contribution in [2.45, 2.75) is 34.2 Å². The Morgan fingerprint density at radius 2 is 1.72 bits per heavy atom. The Bertz CT molecular complexity index is 1370. The molecule has 0 bridgehead atoms. The highest BCUT2D eigenvalue weighted by Gasteiger charge is 2.18. The number of likely N-dealkylation sites (N-methyl/N-ethyl adjacent to an activating group) is 1. The Kier molecular flexibility index (Phi) is 5.52. The van der Waals surface area contributed by atoms with Crippen LogP contribution in [0.1, 0.15) is 22.4 Å². The summed E-state index contributed by atoms with van der Waals surface area (Å²) in [6.07, 6.45) is 0. The largest absolute Gasteiger partial charge is 0.353 e. The van der Waals surface area contributed by atoms with Crippen LogP contribution < -0.4 is 15.9 Å². The van der Waals surface area contributed by atoms with Crippen LogP contribution in [0, 0.1) is 27.7 Å². The predicted molar refractivity (Wildman–Crippen MR) is 126 cm³/mol. The second-order valence-corrected chi connectivity index (χ2v) is 8.15. The number of carbonyl (C=O) groups is 1. The van der Waals surface area contributed by atoms with Crippen LogP contribution in [0.2, 0.25) is 0 Å². The summed E-state index contributed by atoms with van der Waals surface area (Å²) in [6.45, 7) is 7.66. The number of aromatic nitrogens is 4. The zero-order valence-electron chi connectivity index (χ0n) is 18.9. The average Bonchev–Trinajstić information content (AvgIpc) is 3.01. The monoisotopic (exact) mass is 430 g/mol. The lowest BCUT2D eigenvalue weighted by molar-refractivity contribution is -0.119. The standard InChI is InChI=1S/C24H26N6O2/c1-15-7-6-8-20(12-15)28(5)22(31)14-29-24(32)30-21(27-29)13-18(4)25-23(30)26-19-10-16(2)9-17(3)11-19/h6-13H,14H2,1-5H3,(H,25,26). The van der Waals surface area contributed by atoms with Gasteiger partial charge in [-0.3, -0.25) is 4.79 Å². The quantitative estimate of drug-likeness (QED) is 0.524. The third-order valence-corrected chi connectivity index (χ3v) is 5.22. The highest BCUT2D eigenvalue weighted by atomic mass is 16.2. The van der Waals surface area contributed by atoms with Crippen molar-refractivity contribution in [1.82, 2.24) is 19.2 Å². The molecule has 1 N–H and O–H groups in total. The predicted octanol–water partition coefficient (Wildman–Crippen LogP) is 3.53. The van der Waals surface area contributed by atoms with Gasteiger partial charge in [-0.1, -0.05) is 18.2 Å². The summed E-state index contributed by atoms with van der Waals surface area (Å²) < 4.78 is 2.57. The zero-order chi connectivity index (χ0) is 23.0. The van der Waals surface area contributed by atoms with Crippen LogP contribution >= 0.6 is 0 Å². The van der Waals surface area contributed by atoms with Crippen LogP contribution in [0.4, 0.5) is 17.3 Å². The SMILES string of the molecule is Cc1cc(C)cc(Nc2nc(C)cc3nn(CC(=O)N(C)c4cccc(C)c4)c(=O)n23)c1. The van der Waals surface area contributed by atoms with E-state index < -0.39 is 5.69 Å². The second kappa shape index (κ2) is 8.30. The lowest BCUT2D eigenvalue weighted by Gasteiger charge is -2.17. The molecule has 164 valence electrons. The van der Waals surface area contributed by atoms with Crippen LogP contribution in [0.5, 0.6) is 0 Å². The van der Waals surface area contributed by atoms with Gasteiger partial charge in [-0.25, -0.2) is 18.9 Å². The number of benzene rings is 2. The smallest absolute Gasteiger partial charge is 0.325 e. The molecule has 0 spiro atoms. The molecule has 0 saturated carbocycles. The van der Waals surface area contributed by atoms with Gasteiger partial charge in [-0.15, -0.1) is 5.10 Å². The maximum Gasteiger partial charge on any atom is 0.353 e. The Morgan fingerprint density at radius 3 is 2.41 bits per heavy atom. The third-order valence-electron chi connectivity index (χ3n) is 5.22. The first-order chi connectivity index (χ1) is 15.2. The highest BCUT2D eigenvalue weighted by molar-refractivity contribution is 5.92. The fraction of sp³-hybridized carbons (Fsp3) is 0.250. The normalized spacial score (nSPS) is 11.0. The van der Waals surface area contributed by atoms with E-state index in [4.69, 9.17) is 0 Å². The first-order valence-electron chi connectivity index (χ1n) is 10.4. The summed E-state index contributed by atoms with van der Waals surface area (Å²) in [4.78, 5) is 32.0. The fourth-order valence-electron chi connectivity index (χ4n) is 3.73. The number of fused-ring (bicyclic) bond motifs is 1. The average molecular weight is 431 g/mol. The molecule has 8 nitrogen and oxygen atoms in total. The van der Waals surface area contributed by atoms with Gasteiger partial charge in [0.05, 0.1) is 0 Å². The summed E-state index contributed by atoms with van der Waals surface area (Å²) in [5.74, 6) is 0.121. The number of aryl methyl sites for hydroxylation is 4. The lowest BCUT2D eigenvalue weighted by atomic mass is 10.1. The first kappa shape index (κ1) is 21.3. The molecular formula is C24H26N6O2. The Morgan fingerprint density at radius 1 is 1.00 bits per heavy atom. The number of hydrogen-bond acceptors (Lipinski definition) is 5. The van der Waals surface area contributed by atoms with Gasteiger partial charge in [0.1, 0.15) is 6.54 Å². The number of hydrogen-bond donors (Lipinski definition) is 1. The number of nitrogens with zero attached hydrogens (tertiary/aromatic N) is 5. The van der Waals surface area contributed by atoms with Crippen molar-refractivity contribution < 1.29 is 4.79 Å². The van der Waals surface area contributed by atoms with Gasteiger partial charge >= 0.3 is 5.69 Å². The van der Waals surface area contributed by atoms with Gasteiger partial charge in [0.2, 0.25) is 11.9 Å². The van der Waals surface area contributed by atoms with Gasteiger partial charge < -0.3 is 10.2 Å². The highest BCUT2D eigenvalue weighted by Crippen LogP contribution is 2.19. The first-order valence-corrected chi connectivity index (χ1v) is 10.4. The maximum absolute atomic E-state index is 13.1. The van der Waals surface area contributed by atoms with E-state index in [2.05, 4.69) is 21.5 Å². The summed E-state index contributed by atoms with van der Waals surface area (Å²) in [5, 5.41) is 7.62. The molecule has 2 aromatic carbocycles. The van der Waals surface area contributed by atoms with Gasteiger partial charge in [0.25, 0.3) is 0 Å². The molecule has 1 amide bonds. The number of rotatable bonds is 5. The molecule has 2 heterocycles. The van der Waals surface area contributed by atoms with Crippen LogP contribution in [0.3, 0.4) is 0 Å². The van der Waals surface area contributed by atoms with Crippen molar-refractivity contribution in [3.05, 3.63) is 81.4 Å². The lowest BCUT2D eigenvalue weighted by Crippen LogP contribution is -2.34. The van der Waals surface area contributed by atoms with Crippen molar-refractivity contribution in [3.63, 3.8) is 0 Å². The van der Waals surface area contributed by atoms with Crippen LogP contribution in [-0.2, 0) is 11.3 Å². The molecule has 32 heavy (non-hydrogen) atoms. The van der Waals surface area contributed by atoms with E-state index in [0.717, 1.165) is 28.1 Å². The molecule has 0 radical (unpaired) electrons. The molecule has 0 atom stereocenters. The van der Waals surface area contributed by atoms with Gasteiger partial charge in [0.15, 0.2) is 5.65 Å². The summed E-state index contributed by atoms with van der Waals surface area (Å²) in [6, 6.07) is 15.4. The second-order valence-electron chi connectivity index (χ2n) is 8.15. The van der Waals surface area contributed by atoms with Crippen molar-refractivity contribution in [2.24, 2.45) is 0 Å². The van der Waals surface area contributed by atoms with Crippen LogP contribution in [-0.4, -0.2) is 32.1 Å².